The third-order valence-electron chi connectivity index (χ3n) is 4.85. The quantitative estimate of drug-likeness (QED) is 0.326. The number of fused-ring (bicyclic) bond motifs is 1. The van der Waals surface area contributed by atoms with Crippen LogP contribution in [0.4, 0.5) is 0 Å². The second kappa shape index (κ2) is 10.2. The van der Waals surface area contributed by atoms with Crippen LogP contribution >= 0.6 is 34.7 Å². The van der Waals surface area contributed by atoms with E-state index in [2.05, 4.69) is 16.9 Å². The second-order valence-electron chi connectivity index (χ2n) is 7.15. The average molecular weight is 505 g/mol. The maximum Gasteiger partial charge on any atom is 0.308 e. The Morgan fingerprint density at radius 3 is 2.47 bits per heavy atom. The van der Waals surface area contributed by atoms with Gasteiger partial charge in [0.2, 0.25) is 10.0 Å². The van der Waals surface area contributed by atoms with Gasteiger partial charge in [-0.05, 0) is 41.5 Å². The molecule has 1 heterocycles. The molecular formula is C23H21ClN2O3S3. The van der Waals surface area contributed by atoms with Crippen molar-refractivity contribution in [1.82, 2.24) is 9.29 Å². The minimum absolute atomic E-state index is 0.130. The predicted octanol–water partition coefficient (Wildman–Crippen LogP) is 4.98. The molecule has 9 heteroatoms. The van der Waals surface area contributed by atoms with Crippen molar-refractivity contribution in [3.63, 3.8) is 0 Å². The van der Waals surface area contributed by atoms with E-state index in [0.29, 0.717) is 34.1 Å². The van der Waals surface area contributed by atoms with Crippen molar-refractivity contribution in [2.75, 3.05) is 12.3 Å². The predicted molar refractivity (Wildman–Crippen MR) is 134 cm³/mol. The van der Waals surface area contributed by atoms with Crippen LogP contribution in [0.3, 0.4) is 0 Å². The Labute approximate surface area is 200 Å². The Hall–Kier alpha value is -2.10. The van der Waals surface area contributed by atoms with Gasteiger partial charge < -0.3 is 0 Å². The highest BCUT2D eigenvalue weighted by Crippen LogP contribution is 2.23. The van der Waals surface area contributed by atoms with Crippen LogP contribution in [-0.4, -0.2) is 25.3 Å². The summed E-state index contributed by atoms with van der Waals surface area (Å²) < 4.78 is 30.4. The van der Waals surface area contributed by atoms with Crippen LogP contribution < -0.4 is 9.60 Å². The molecule has 0 spiro atoms. The monoisotopic (exact) mass is 504 g/mol. The lowest BCUT2D eigenvalue weighted by Gasteiger charge is -2.08. The molecule has 3 aromatic carbocycles. The molecule has 1 N–H and O–H groups in total. The van der Waals surface area contributed by atoms with Crippen molar-refractivity contribution in [3.05, 3.63) is 98.6 Å². The van der Waals surface area contributed by atoms with Crippen LogP contribution in [0.25, 0.3) is 10.2 Å². The van der Waals surface area contributed by atoms with Gasteiger partial charge in [0.1, 0.15) is 0 Å². The lowest BCUT2D eigenvalue weighted by molar-refractivity contribution is 0.584. The van der Waals surface area contributed by atoms with Crippen LogP contribution in [0.1, 0.15) is 11.1 Å². The van der Waals surface area contributed by atoms with Gasteiger partial charge in [0.25, 0.3) is 0 Å². The summed E-state index contributed by atoms with van der Waals surface area (Å²) in [5.41, 5.74) is 2.87. The van der Waals surface area contributed by atoms with Gasteiger partial charge in [-0.15, -0.1) is 0 Å². The first kappa shape index (κ1) is 23.1. The van der Waals surface area contributed by atoms with E-state index >= 15 is 0 Å². The number of nitrogens with zero attached hydrogens (tertiary/aromatic N) is 1. The van der Waals surface area contributed by atoms with E-state index in [0.717, 1.165) is 22.7 Å². The molecule has 0 aliphatic heterocycles. The van der Waals surface area contributed by atoms with E-state index < -0.39 is 10.0 Å². The number of thioether (sulfide) groups is 1. The summed E-state index contributed by atoms with van der Waals surface area (Å²) in [5.74, 6) is 1.50. The van der Waals surface area contributed by atoms with Crippen LogP contribution in [0.15, 0.2) is 82.5 Å². The fourth-order valence-electron chi connectivity index (χ4n) is 3.23. The average Bonchev–Trinajstić information content (AvgIpc) is 3.10. The van der Waals surface area contributed by atoms with Crippen LogP contribution in [0.5, 0.6) is 0 Å². The Bertz CT molecular complexity index is 1370. The Balaban J connectivity index is 1.42. The highest BCUT2D eigenvalue weighted by atomic mass is 35.5. The molecule has 0 saturated carbocycles. The molecule has 0 aliphatic rings. The van der Waals surface area contributed by atoms with Gasteiger partial charge in [-0.2, -0.15) is 11.8 Å². The number of aromatic nitrogens is 1. The number of thiazole rings is 1. The van der Waals surface area contributed by atoms with E-state index in [1.54, 1.807) is 46.7 Å². The molecule has 0 unspecified atom stereocenters. The Kier molecular flexibility index (Phi) is 7.37. The molecule has 5 nitrogen and oxygen atoms in total. The number of hydrogen-bond donors (Lipinski definition) is 1. The van der Waals surface area contributed by atoms with Crippen molar-refractivity contribution in [2.24, 2.45) is 0 Å². The molecule has 4 aromatic rings. The third-order valence-corrected chi connectivity index (χ3v) is 8.54. The third kappa shape index (κ3) is 5.63. The lowest BCUT2D eigenvalue weighted by atomic mass is 10.2. The minimum atomic E-state index is -3.65. The number of sulfonamides is 1. The second-order valence-corrected chi connectivity index (χ2v) is 11.4. The van der Waals surface area contributed by atoms with Crippen LogP contribution in [0, 0.1) is 0 Å². The number of nitrogens with one attached hydrogen (secondary N) is 1. The minimum Gasteiger partial charge on any atom is -0.294 e. The standard InChI is InChI=1S/C23H21ClN2O3S3/c24-19-8-6-17(7-9-19)15-26-21-11-10-20(14-22(21)31-23(26)27)32(28,29)25-12-13-30-16-18-4-2-1-3-5-18/h1-11,14,25H,12-13,15-16H2. The Morgan fingerprint density at radius 1 is 0.969 bits per heavy atom. The fraction of sp³-hybridized carbons (Fsp3) is 0.174. The molecule has 0 aliphatic carbocycles. The van der Waals surface area contributed by atoms with Gasteiger partial charge in [-0.3, -0.25) is 9.36 Å². The van der Waals surface area contributed by atoms with Crippen molar-refractivity contribution < 1.29 is 8.42 Å². The largest absolute Gasteiger partial charge is 0.308 e. The number of rotatable bonds is 9. The van der Waals surface area contributed by atoms with Gasteiger partial charge in [-0.25, -0.2) is 13.1 Å². The summed E-state index contributed by atoms with van der Waals surface area (Å²) in [6.45, 7) is 0.741. The van der Waals surface area contributed by atoms with Gasteiger partial charge >= 0.3 is 4.87 Å². The molecule has 0 bridgehead atoms. The van der Waals surface area contributed by atoms with Gasteiger partial charge in [-0.1, -0.05) is 65.4 Å². The van der Waals surface area contributed by atoms with Crippen molar-refractivity contribution in [2.45, 2.75) is 17.2 Å². The number of halogens is 1. The first-order chi connectivity index (χ1) is 15.4. The lowest BCUT2D eigenvalue weighted by Crippen LogP contribution is -2.26. The highest BCUT2D eigenvalue weighted by molar-refractivity contribution is 7.98. The van der Waals surface area contributed by atoms with Crippen molar-refractivity contribution in [3.8, 4) is 0 Å². The molecular weight excluding hydrogens is 484 g/mol. The smallest absolute Gasteiger partial charge is 0.294 e. The SMILES string of the molecule is O=c1sc2cc(S(=O)(=O)NCCSCc3ccccc3)ccc2n1Cc1ccc(Cl)cc1. The normalized spacial score (nSPS) is 11.8. The molecule has 166 valence electrons. The number of hydrogen-bond acceptors (Lipinski definition) is 5. The summed E-state index contributed by atoms with van der Waals surface area (Å²) in [5, 5.41) is 0.636. The van der Waals surface area contributed by atoms with Crippen LogP contribution in [0.2, 0.25) is 5.02 Å². The molecule has 0 atom stereocenters. The Morgan fingerprint density at radius 2 is 1.72 bits per heavy atom. The molecule has 0 fully saturated rings. The van der Waals surface area contributed by atoms with E-state index in [1.807, 2.05) is 30.3 Å². The molecule has 0 amide bonds. The van der Waals surface area contributed by atoms with E-state index in [4.69, 9.17) is 11.6 Å². The first-order valence-electron chi connectivity index (χ1n) is 9.91. The molecule has 0 radical (unpaired) electrons. The molecule has 32 heavy (non-hydrogen) atoms. The summed E-state index contributed by atoms with van der Waals surface area (Å²) in [4.78, 5) is 12.6. The summed E-state index contributed by atoms with van der Waals surface area (Å²) in [6.07, 6.45) is 0. The molecule has 0 saturated heterocycles. The number of benzene rings is 3. The first-order valence-corrected chi connectivity index (χ1v) is 13.7. The maximum atomic E-state index is 12.7. The zero-order chi connectivity index (χ0) is 22.6. The van der Waals surface area contributed by atoms with Gasteiger partial charge in [0.15, 0.2) is 0 Å². The summed E-state index contributed by atoms with van der Waals surface area (Å²) >= 11 is 8.65. The highest BCUT2D eigenvalue weighted by Gasteiger charge is 2.16. The fourth-order valence-corrected chi connectivity index (χ4v) is 6.37. The molecule has 1 aromatic heterocycles. The van der Waals surface area contributed by atoms with Crippen molar-refractivity contribution in [1.29, 1.82) is 0 Å². The summed E-state index contributed by atoms with van der Waals surface area (Å²) in [6, 6.07) is 22.2. The zero-order valence-corrected chi connectivity index (χ0v) is 20.2. The summed E-state index contributed by atoms with van der Waals surface area (Å²) in [7, 11) is -3.65. The van der Waals surface area contributed by atoms with E-state index in [-0.39, 0.29) is 9.77 Å². The zero-order valence-electron chi connectivity index (χ0n) is 17.0. The molecule has 4 rings (SSSR count). The van der Waals surface area contributed by atoms with E-state index in [1.165, 1.54) is 5.56 Å². The van der Waals surface area contributed by atoms with Gasteiger partial charge in [0.05, 0.1) is 21.7 Å². The van der Waals surface area contributed by atoms with E-state index in [9.17, 15) is 13.2 Å². The van der Waals surface area contributed by atoms with Crippen molar-refractivity contribution >= 4 is 54.9 Å². The topological polar surface area (TPSA) is 68.2 Å². The maximum absolute atomic E-state index is 12.7. The van der Waals surface area contributed by atoms with Crippen LogP contribution in [-0.2, 0) is 22.3 Å². The van der Waals surface area contributed by atoms with Gasteiger partial charge in [0, 0.05) is 23.1 Å².